The molecule has 41 heavy (non-hydrogen) atoms. The van der Waals surface area contributed by atoms with Crippen LogP contribution >= 0.6 is 0 Å². The average molecular weight is 570 g/mol. The molecule has 0 radical (unpaired) electrons. The molecule has 0 fully saturated rings. The number of aromatic nitrogens is 4. The predicted molar refractivity (Wildman–Crippen MR) is 150 cm³/mol. The Morgan fingerprint density at radius 3 is 2.51 bits per heavy atom. The highest BCUT2D eigenvalue weighted by Crippen LogP contribution is 2.40. The molecule has 2 heterocycles. The fourth-order valence-electron chi connectivity index (χ4n) is 4.54. The van der Waals surface area contributed by atoms with E-state index in [2.05, 4.69) is 32.0 Å². The molecule has 0 spiro atoms. The number of fused-ring (bicyclic) bond motifs is 1. The maximum atomic E-state index is 14.3. The molecule has 2 aromatic heterocycles. The zero-order chi connectivity index (χ0) is 29.4. The zero-order valence-corrected chi connectivity index (χ0v) is 22.9. The molecule has 4 rings (SSSR count). The van der Waals surface area contributed by atoms with Gasteiger partial charge in [-0.05, 0) is 37.6 Å². The maximum Gasteiger partial charge on any atom is 0.223 e. The van der Waals surface area contributed by atoms with Crippen molar-refractivity contribution in [1.82, 2.24) is 25.1 Å². The molecule has 218 valence electrons. The van der Waals surface area contributed by atoms with Crippen molar-refractivity contribution in [2.45, 2.75) is 26.2 Å². The van der Waals surface area contributed by atoms with Crippen molar-refractivity contribution in [3.63, 3.8) is 0 Å². The number of nitrogens with two attached hydrogens (primary N) is 1. The van der Waals surface area contributed by atoms with Gasteiger partial charge in [-0.3, -0.25) is 14.8 Å². The first-order chi connectivity index (χ1) is 19.8. The van der Waals surface area contributed by atoms with E-state index in [0.717, 1.165) is 44.1 Å². The van der Waals surface area contributed by atoms with Crippen molar-refractivity contribution in [1.29, 1.82) is 0 Å². The van der Waals surface area contributed by atoms with Crippen molar-refractivity contribution in [3.05, 3.63) is 60.1 Å². The first-order valence-corrected chi connectivity index (χ1v) is 13.2. The number of anilines is 3. The van der Waals surface area contributed by atoms with Gasteiger partial charge in [0.25, 0.3) is 0 Å². The number of hydrogen-bond donors (Lipinski definition) is 3. The minimum Gasteiger partial charge on any atom is -0.493 e. The van der Waals surface area contributed by atoms with Gasteiger partial charge in [-0.25, -0.2) is 18.7 Å². The van der Waals surface area contributed by atoms with Crippen LogP contribution in [0.2, 0.25) is 0 Å². The fourth-order valence-corrected chi connectivity index (χ4v) is 4.54. The molecule has 0 bridgehead atoms. The van der Waals surface area contributed by atoms with Crippen LogP contribution < -0.4 is 20.1 Å². The standard InChI is InChI=1S/C28H33F2N7O4/c1-3-5-36(7-8-38)6-4-9-41-25-16-23-22(15-24(25)40-2)28(33-17-32-23)37(21-11-18(29)10-19(30)12-21)27-14-20(34-35-27)13-26(31)39/h10-12,14-17,38H,3-9,13H2,1-2H3,(H2,31,39)(H,34,35). The van der Waals surface area contributed by atoms with Crippen molar-refractivity contribution in [3.8, 4) is 11.5 Å². The Balaban J connectivity index is 1.70. The molecule has 0 aliphatic carbocycles. The average Bonchev–Trinajstić information content (AvgIpc) is 3.37. The molecule has 0 aliphatic rings. The molecule has 4 aromatic rings. The summed E-state index contributed by atoms with van der Waals surface area (Å²) in [6.45, 7) is 4.89. The second-order valence-electron chi connectivity index (χ2n) is 9.34. The predicted octanol–water partition coefficient (Wildman–Crippen LogP) is 3.61. The van der Waals surface area contributed by atoms with Crippen molar-refractivity contribution in [2.24, 2.45) is 5.73 Å². The number of nitrogens with one attached hydrogen (secondary N) is 1. The molecule has 0 unspecified atom stereocenters. The normalized spacial score (nSPS) is 11.3. The highest BCUT2D eigenvalue weighted by Gasteiger charge is 2.23. The number of methoxy groups -OCH3 is 1. The number of benzene rings is 2. The molecule has 0 aliphatic heterocycles. The molecule has 0 saturated carbocycles. The third-order valence-corrected chi connectivity index (χ3v) is 6.26. The Morgan fingerprint density at radius 1 is 1.05 bits per heavy atom. The second kappa shape index (κ2) is 13.8. The Bertz CT molecular complexity index is 1460. The van der Waals surface area contributed by atoms with Gasteiger partial charge in [0.2, 0.25) is 5.91 Å². The molecule has 1 amide bonds. The fraction of sp³-hybridized carbons (Fsp3) is 0.357. The number of amides is 1. The Labute approximate surface area is 235 Å². The number of aromatic amines is 1. The van der Waals surface area contributed by atoms with E-state index >= 15 is 0 Å². The van der Waals surface area contributed by atoms with E-state index in [9.17, 15) is 18.7 Å². The number of carbonyl (C=O) groups excluding carboxylic acids is 1. The summed E-state index contributed by atoms with van der Waals surface area (Å²) < 4.78 is 40.3. The van der Waals surface area contributed by atoms with Crippen molar-refractivity contribution in [2.75, 3.05) is 44.9 Å². The minimum absolute atomic E-state index is 0.103. The van der Waals surface area contributed by atoms with Gasteiger partial charge in [0.05, 0.1) is 37.9 Å². The first-order valence-electron chi connectivity index (χ1n) is 13.2. The number of H-pyrrole nitrogens is 1. The van der Waals surface area contributed by atoms with Gasteiger partial charge >= 0.3 is 0 Å². The Kier molecular flexibility index (Phi) is 9.98. The van der Waals surface area contributed by atoms with Gasteiger partial charge in [0, 0.05) is 42.4 Å². The first kappa shape index (κ1) is 29.6. The van der Waals surface area contributed by atoms with E-state index in [-0.39, 0.29) is 30.4 Å². The zero-order valence-electron chi connectivity index (χ0n) is 22.9. The van der Waals surface area contributed by atoms with Gasteiger partial charge < -0.3 is 25.2 Å². The molecule has 0 atom stereocenters. The summed E-state index contributed by atoms with van der Waals surface area (Å²) >= 11 is 0. The number of aliphatic hydroxyl groups is 1. The summed E-state index contributed by atoms with van der Waals surface area (Å²) in [5.74, 6) is -0.773. The minimum atomic E-state index is -0.791. The quantitative estimate of drug-likeness (QED) is 0.183. The van der Waals surface area contributed by atoms with Gasteiger partial charge in [-0.1, -0.05) is 6.92 Å². The molecule has 2 aromatic carbocycles. The number of primary amides is 1. The Morgan fingerprint density at radius 2 is 1.83 bits per heavy atom. The van der Waals surface area contributed by atoms with E-state index in [1.54, 1.807) is 18.2 Å². The summed E-state index contributed by atoms with van der Waals surface area (Å²) in [6, 6.07) is 8.01. The van der Waals surface area contributed by atoms with Crippen LogP contribution in [0, 0.1) is 11.6 Å². The van der Waals surface area contributed by atoms with E-state index < -0.39 is 17.5 Å². The van der Waals surface area contributed by atoms with Gasteiger partial charge in [-0.15, -0.1) is 0 Å². The molecular weight excluding hydrogens is 536 g/mol. The Hall–Kier alpha value is -4.36. The van der Waals surface area contributed by atoms with Crippen LogP contribution in [0.4, 0.5) is 26.1 Å². The number of nitrogens with zero attached hydrogens (tertiary/aromatic N) is 5. The molecule has 0 saturated heterocycles. The summed E-state index contributed by atoms with van der Waals surface area (Å²) in [5, 5.41) is 16.8. The summed E-state index contributed by atoms with van der Waals surface area (Å²) in [6.07, 6.45) is 2.95. The van der Waals surface area contributed by atoms with Crippen LogP contribution in [0.25, 0.3) is 10.9 Å². The van der Waals surface area contributed by atoms with Crippen molar-refractivity contribution >= 4 is 34.1 Å². The SMILES string of the molecule is CCCN(CCO)CCCOc1cc2ncnc(N(c3cc(F)cc(F)c3)c3cc(CC(N)=O)[nH]n3)c2cc1OC. The lowest BCUT2D eigenvalue weighted by Crippen LogP contribution is -2.29. The van der Waals surface area contributed by atoms with Crippen LogP contribution in [-0.2, 0) is 11.2 Å². The van der Waals surface area contributed by atoms with E-state index in [4.69, 9.17) is 15.2 Å². The van der Waals surface area contributed by atoms with E-state index in [0.29, 0.717) is 41.2 Å². The van der Waals surface area contributed by atoms with E-state index in [1.807, 2.05) is 0 Å². The molecule has 4 N–H and O–H groups in total. The third-order valence-electron chi connectivity index (χ3n) is 6.26. The largest absolute Gasteiger partial charge is 0.493 e. The highest BCUT2D eigenvalue weighted by atomic mass is 19.1. The van der Waals surface area contributed by atoms with Crippen LogP contribution in [0.3, 0.4) is 0 Å². The summed E-state index contributed by atoms with van der Waals surface area (Å²) in [5.41, 5.74) is 6.34. The van der Waals surface area contributed by atoms with Crippen LogP contribution in [0.15, 0.2) is 42.7 Å². The molecule has 13 heteroatoms. The monoisotopic (exact) mass is 569 g/mol. The molecular formula is C28H33F2N7O4. The number of halogens is 2. The van der Waals surface area contributed by atoms with Gasteiger partial charge in [0.1, 0.15) is 23.8 Å². The number of hydrogen-bond acceptors (Lipinski definition) is 9. The number of carbonyl (C=O) groups is 1. The summed E-state index contributed by atoms with van der Waals surface area (Å²) in [4.78, 5) is 23.9. The number of ether oxygens (including phenoxy) is 2. The van der Waals surface area contributed by atoms with Gasteiger partial charge in [-0.2, -0.15) is 5.10 Å². The van der Waals surface area contributed by atoms with Crippen LogP contribution in [-0.4, -0.2) is 76.0 Å². The van der Waals surface area contributed by atoms with Crippen molar-refractivity contribution < 1.29 is 28.2 Å². The maximum absolute atomic E-state index is 14.3. The molecule has 11 nitrogen and oxygen atoms in total. The lowest BCUT2D eigenvalue weighted by Gasteiger charge is -2.23. The summed E-state index contributed by atoms with van der Waals surface area (Å²) in [7, 11) is 1.51. The van der Waals surface area contributed by atoms with Gasteiger partial charge in [0.15, 0.2) is 17.3 Å². The topological polar surface area (TPSA) is 143 Å². The number of aliphatic hydroxyl groups excluding tert-OH is 1. The smallest absolute Gasteiger partial charge is 0.223 e. The van der Waals surface area contributed by atoms with Crippen LogP contribution in [0.5, 0.6) is 11.5 Å². The lowest BCUT2D eigenvalue weighted by atomic mass is 10.1. The second-order valence-corrected chi connectivity index (χ2v) is 9.34. The lowest BCUT2D eigenvalue weighted by molar-refractivity contribution is -0.117. The van der Waals surface area contributed by atoms with Crippen LogP contribution in [0.1, 0.15) is 25.5 Å². The number of rotatable bonds is 15. The third kappa shape index (κ3) is 7.44. The highest BCUT2D eigenvalue weighted by molar-refractivity contribution is 5.96. The van der Waals surface area contributed by atoms with E-state index in [1.165, 1.54) is 18.3 Å².